The molecule has 0 bridgehead atoms. The van der Waals surface area contributed by atoms with Crippen LogP contribution in [0.2, 0.25) is 0 Å². The van der Waals surface area contributed by atoms with E-state index in [1.807, 2.05) is 0 Å². The summed E-state index contributed by atoms with van der Waals surface area (Å²) in [6.45, 7) is 0. The first-order valence-corrected chi connectivity index (χ1v) is 4.72. The van der Waals surface area contributed by atoms with Gasteiger partial charge in [-0.2, -0.15) is 5.10 Å². The molecule has 0 saturated carbocycles. The highest BCUT2D eigenvalue weighted by atomic mass is 32.2. The highest BCUT2D eigenvalue weighted by Gasteiger charge is 2.02. The molecule has 0 unspecified atom stereocenters. The van der Waals surface area contributed by atoms with Crippen molar-refractivity contribution in [3.63, 3.8) is 0 Å². The molecule has 62 valence electrons. The van der Waals surface area contributed by atoms with Crippen LogP contribution < -0.4 is 5.73 Å². The average Bonchev–Trinajstić information content (AvgIpc) is 2.63. The predicted octanol–water partition coefficient (Wildman–Crippen LogP) is 0.995. The number of hydrogen-bond donors (Lipinski definition) is 2. The van der Waals surface area contributed by atoms with Gasteiger partial charge in [-0.15, -0.1) is 0 Å². The number of hydrogen-bond acceptors (Lipinski definition) is 6. The fourth-order valence-corrected chi connectivity index (χ4v) is 2.23. The zero-order valence-corrected chi connectivity index (χ0v) is 7.52. The fraction of sp³-hybridized carbons (Fsp3) is 0. The van der Waals surface area contributed by atoms with Gasteiger partial charge >= 0.3 is 0 Å². The molecule has 0 aliphatic carbocycles. The smallest absolute Gasteiger partial charge is 0.189 e. The maximum Gasteiger partial charge on any atom is 0.189 e. The van der Waals surface area contributed by atoms with Crippen molar-refractivity contribution in [2.75, 3.05) is 5.73 Å². The number of nitrogen functional groups attached to an aromatic ring is 1. The molecule has 2 aromatic heterocycles. The third kappa shape index (κ3) is 1.56. The standard InChI is InChI=1S/C5H5N5S2/c6-4-7-1-3(11-4)12-5-8-2-9-10-5/h1-2H,(H2,6,7)(H,8,9,10). The van der Waals surface area contributed by atoms with Crippen LogP contribution in [0, 0.1) is 0 Å². The molecule has 7 heteroatoms. The van der Waals surface area contributed by atoms with Crippen LogP contribution in [-0.2, 0) is 0 Å². The molecule has 0 atom stereocenters. The Morgan fingerprint density at radius 2 is 2.42 bits per heavy atom. The molecule has 0 amide bonds. The van der Waals surface area contributed by atoms with Gasteiger partial charge in [-0.25, -0.2) is 9.97 Å². The van der Waals surface area contributed by atoms with Gasteiger partial charge in [-0.05, 0) is 11.8 Å². The molecular formula is C5H5N5S2. The van der Waals surface area contributed by atoms with E-state index < -0.39 is 0 Å². The maximum absolute atomic E-state index is 5.46. The first-order valence-electron chi connectivity index (χ1n) is 3.09. The van der Waals surface area contributed by atoms with E-state index in [0.29, 0.717) is 5.13 Å². The molecule has 2 aromatic rings. The molecule has 12 heavy (non-hydrogen) atoms. The second-order valence-electron chi connectivity index (χ2n) is 1.91. The normalized spacial score (nSPS) is 10.3. The first kappa shape index (κ1) is 7.56. The van der Waals surface area contributed by atoms with Crippen LogP contribution in [0.5, 0.6) is 0 Å². The lowest BCUT2D eigenvalue weighted by Gasteiger charge is -1.87. The van der Waals surface area contributed by atoms with Gasteiger partial charge < -0.3 is 5.73 Å². The summed E-state index contributed by atoms with van der Waals surface area (Å²) in [5, 5.41) is 7.77. The van der Waals surface area contributed by atoms with Gasteiger partial charge in [0.05, 0.1) is 10.4 Å². The van der Waals surface area contributed by atoms with E-state index in [4.69, 9.17) is 5.73 Å². The zero-order chi connectivity index (χ0) is 8.39. The van der Waals surface area contributed by atoms with Crippen LogP contribution in [0.25, 0.3) is 0 Å². The van der Waals surface area contributed by atoms with E-state index in [1.54, 1.807) is 6.20 Å². The molecule has 0 aromatic carbocycles. The molecular weight excluding hydrogens is 194 g/mol. The Balaban J connectivity index is 2.14. The fourth-order valence-electron chi connectivity index (χ4n) is 0.658. The van der Waals surface area contributed by atoms with Crippen molar-refractivity contribution in [1.82, 2.24) is 20.2 Å². The van der Waals surface area contributed by atoms with E-state index in [2.05, 4.69) is 20.2 Å². The third-order valence-electron chi connectivity index (χ3n) is 1.09. The number of aromatic amines is 1. The summed E-state index contributed by atoms with van der Waals surface area (Å²) in [5.41, 5.74) is 5.46. The van der Waals surface area contributed by atoms with Crippen molar-refractivity contribution in [1.29, 1.82) is 0 Å². The number of nitrogens with zero attached hydrogens (tertiary/aromatic N) is 3. The Kier molecular flexibility index (Phi) is 1.96. The predicted molar refractivity (Wildman–Crippen MR) is 47.0 cm³/mol. The molecule has 0 aliphatic rings. The van der Waals surface area contributed by atoms with Crippen LogP contribution in [0.4, 0.5) is 5.13 Å². The van der Waals surface area contributed by atoms with E-state index in [1.165, 1.54) is 29.4 Å². The lowest BCUT2D eigenvalue weighted by molar-refractivity contribution is 0.974. The summed E-state index contributed by atoms with van der Waals surface area (Å²) in [6.07, 6.45) is 3.18. The molecule has 2 rings (SSSR count). The molecule has 0 saturated heterocycles. The number of rotatable bonds is 2. The van der Waals surface area contributed by atoms with Gasteiger partial charge in [0.15, 0.2) is 10.3 Å². The summed E-state index contributed by atoms with van der Waals surface area (Å²) in [7, 11) is 0. The number of nitrogens with two attached hydrogens (primary N) is 1. The van der Waals surface area contributed by atoms with Crippen molar-refractivity contribution in [3.05, 3.63) is 12.5 Å². The van der Waals surface area contributed by atoms with Crippen molar-refractivity contribution in [2.24, 2.45) is 0 Å². The SMILES string of the molecule is Nc1ncc(Sc2ncn[nH]2)s1. The van der Waals surface area contributed by atoms with Crippen molar-refractivity contribution in [2.45, 2.75) is 9.37 Å². The zero-order valence-electron chi connectivity index (χ0n) is 5.89. The van der Waals surface area contributed by atoms with E-state index in [-0.39, 0.29) is 0 Å². The molecule has 3 N–H and O–H groups in total. The van der Waals surface area contributed by atoms with Crippen LogP contribution in [0.15, 0.2) is 21.9 Å². The number of anilines is 1. The second-order valence-corrected chi connectivity index (χ2v) is 4.26. The number of aromatic nitrogens is 4. The number of H-pyrrole nitrogens is 1. The Morgan fingerprint density at radius 1 is 1.50 bits per heavy atom. The molecule has 0 radical (unpaired) electrons. The Morgan fingerprint density at radius 3 is 3.00 bits per heavy atom. The monoisotopic (exact) mass is 199 g/mol. The molecule has 0 spiro atoms. The van der Waals surface area contributed by atoms with Crippen LogP contribution in [0.1, 0.15) is 0 Å². The lowest BCUT2D eigenvalue weighted by atomic mass is 11.0. The molecule has 0 fully saturated rings. The summed E-state index contributed by atoms with van der Waals surface area (Å²) in [5.74, 6) is 0. The van der Waals surface area contributed by atoms with Gasteiger partial charge in [0.1, 0.15) is 6.33 Å². The third-order valence-corrected chi connectivity index (χ3v) is 2.91. The summed E-state index contributed by atoms with van der Waals surface area (Å²) < 4.78 is 1.00. The van der Waals surface area contributed by atoms with Crippen LogP contribution in [-0.4, -0.2) is 20.2 Å². The van der Waals surface area contributed by atoms with Crippen molar-refractivity contribution >= 4 is 28.2 Å². The number of thiazole rings is 1. The Labute approximate surface area is 76.4 Å². The number of nitrogens with one attached hydrogen (secondary N) is 1. The highest BCUT2D eigenvalue weighted by Crippen LogP contribution is 2.29. The van der Waals surface area contributed by atoms with E-state index in [9.17, 15) is 0 Å². The summed E-state index contributed by atoms with van der Waals surface area (Å²) >= 11 is 2.89. The van der Waals surface area contributed by atoms with Crippen LogP contribution >= 0.6 is 23.1 Å². The first-order chi connectivity index (χ1) is 5.84. The minimum absolute atomic E-state index is 0.567. The Hall–Kier alpha value is -1.08. The Bertz CT molecular complexity index is 354. The second kappa shape index (κ2) is 3.11. The average molecular weight is 199 g/mol. The minimum Gasteiger partial charge on any atom is -0.375 e. The molecule has 0 aliphatic heterocycles. The van der Waals surface area contributed by atoms with Crippen molar-refractivity contribution < 1.29 is 0 Å². The van der Waals surface area contributed by atoms with Gasteiger partial charge in [0.2, 0.25) is 0 Å². The van der Waals surface area contributed by atoms with Crippen LogP contribution in [0.3, 0.4) is 0 Å². The lowest BCUT2D eigenvalue weighted by Crippen LogP contribution is -1.77. The van der Waals surface area contributed by atoms with Crippen molar-refractivity contribution in [3.8, 4) is 0 Å². The maximum atomic E-state index is 5.46. The largest absolute Gasteiger partial charge is 0.375 e. The van der Waals surface area contributed by atoms with E-state index >= 15 is 0 Å². The van der Waals surface area contributed by atoms with Gasteiger partial charge in [-0.1, -0.05) is 11.3 Å². The minimum atomic E-state index is 0.567. The van der Waals surface area contributed by atoms with Gasteiger partial charge in [0.25, 0.3) is 0 Å². The topological polar surface area (TPSA) is 80.5 Å². The van der Waals surface area contributed by atoms with Gasteiger partial charge in [-0.3, -0.25) is 5.10 Å². The molecule has 2 heterocycles. The quantitative estimate of drug-likeness (QED) is 0.754. The van der Waals surface area contributed by atoms with Gasteiger partial charge in [0, 0.05) is 0 Å². The highest BCUT2D eigenvalue weighted by molar-refractivity contribution is 8.01. The summed E-state index contributed by atoms with van der Waals surface area (Å²) in [6, 6.07) is 0. The summed E-state index contributed by atoms with van der Waals surface area (Å²) in [4.78, 5) is 7.87. The molecule has 5 nitrogen and oxygen atoms in total. The van der Waals surface area contributed by atoms with E-state index in [0.717, 1.165) is 9.37 Å².